The summed E-state index contributed by atoms with van der Waals surface area (Å²) in [4.78, 5) is 24.9. The molecule has 0 atom stereocenters. The lowest BCUT2D eigenvalue weighted by atomic mass is 10.0. The maximum atomic E-state index is 13.0. The molecule has 2 N–H and O–H groups in total. The highest BCUT2D eigenvalue weighted by atomic mass is 19.3. The van der Waals surface area contributed by atoms with Gasteiger partial charge in [-0.05, 0) is 61.0 Å². The molecule has 1 amide bonds. The highest BCUT2D eigenvalue weighted by Crippen LogP contribution is 2.31. The molecule has 0 fully saturated rings. The molecular weight excluding hydrogens is 482 g/mol. The average Bonchev–Trinajstić information content (AvgIpc) is 3.18. The number of aromatic carboxylic acids is 1. The monoisotopic (exact) mass is 506 g/mol. The number of ether oxygens (including phenoxy) is 2. The first-order valence-electron chi connectivity index (χ1n) is 11.3. The Kier molecular flexibility index (Phi) is 7.52. The van der Waals surface area contributed by atoms with Gasteiger partial charge in [0.1, 0.15) is 18.1 Å². The number of nitrogens with one attached hydrogen (secondary N) is 1. The number of benzene rings is 3. The SMILES string of the molecule is Cc1c(C(=O)Nc2ccc(OCc3ccccc3)cc2)cc(-c2ccc(OC(F)F)cc2C(=O)O)n1C. The summed E-state index contributed by atoms with van der Waals surface area (Å²) in [5, 5.41) is 12.5. The van der Waals surface area contributed by atoms with Crippen molar-refractivity contribution >= 4 is 17.6 Å². The van der Waals surface area contributed by atoms with Gasteiger partial charge in [-0.25, -0.2) is 4.79 Å². The summed E-state index contributed by atoms with van der Waals surface area (Å²) in [7, 11) is 1.69. The van der Waals surface area contributed by atoms with Crippen LogP contribution in [0.3, 0.4) is 0 Å². The molecule has 0 spiro atoms. The molecule has 0 bridgehead atoms. The van der Waals surface area contributed by atoms with Gasteiger partial charge in [-0.2, -0.15) is 8.78 Å². The Hall–Kier alpha value is -4.66. The summed E-state index contributed by atoms with van der Waals surface area (Å²) in [6.07, 6.45) is 0. The Balaban J connectivity index is 1.51. The minimum absolute atomic E-state index is 0.225. The number of alkyl halides is 2. The van der Waals surface area contributed by atoms with Crippen molar-refractivity contribution in [2.24, 2.45) is 7.05 Å². The van der Waals surface area contributed by atoms with Crippen molar-refractivity contribution in [1.82, 2.24) is 4.57 Å². The fourth-order valence-electron chi connectivity index (χ4n) is 3.86. The van der Waals surface area contributed by atoms with Gasteiger partial charge in [0.25, 0.3) is 5.91 Å². The van der Waals surface area contributed by atoms with Crippen LogP contribution >= 0.6 is 0 Å². The van der Waals surface area contributed by atoms with Crippen LogP contribution in [0.2, 0.25) is 0 Å². The van der Waals surface area contributed by atoms with Gasteiger partial charge in [-0.3, -0.25) is 4.79 Å². The minimum Gasteiger partial charge on any atom is -0.489 e. The summed E-state index contributed by atoms with van der Waals surface area (Å²) < 4.78 is 36.9. The predicted octanol–water partition coefficient (Wildman–Crippen LogP) is 6.13. The smallest absolute Gasteiger partial charge is 0.387 e. The van der Waals surface area contributed by atoms with E-state index in [1.807, 2.05) is 30.3 Å². The highest BCUT2D eigenvalue weighted by molar-refractivity contribution is 6.06. The fraction of sp³-hybridized carbons (Fsp3) is 0.143. The molecule has 37 heavy (non-hydrogen) atoms. The molecule has 0 aliphatic rings. The fourth-order valence-corrected chi connectivity index (χ4v) is 3.86. The molecule has 1 aromatic heterocycles. The minimum atomic E-state index is -3.08. The van der Waals surface area contributed by atoms with Gasteiger partial charge in [-0.1, -0.05) is 30.3 Å². The second-order valence-electron chi connectivity index (χ2n) is 8.23. The zero-order valence-corrected chi connectivity index (χ0v) is 20.1. The van der Waals surface area contributed by atoms with Gasteiger partial charge in [0.15, 0.2) is 0 Å². The van der Waals surface area contributed by atoms with E-state index in [4.69, 9.17) is 4.74 Å². The van der Waals surface area contributed by atoms with E-state index in [-0.39, 0.29) is 22.8 Å². The third kappa shape index (κ3) is 5.95. The lowest BCUT2D eigenvalue weighted by Gasteiger charge is -2.11. The van der Waals surface area contributed by atoms with Gasteiger partial charge in [0, 0.05) is 29.7 Å². The molecule has 0 unspecified atom stereocenters. The van der Waals surface area contributed by atoms with Crippen LogP contribution < -0.4 is 14.8 Å². The van der Waals surface area contributed by atoms with Crippen LogP contribution in [-0.2, 0) is 13.7 Å². The zero-order valence-electron chi connectivity index (χ0n) is 20.1. The van der Waals surface area contributed by atoms with Crippen LogP contribution in [0.1, 0.15) is 32.0 Å². The Bertz CT molecular complexity index is 1420. The van der Waals surface area contributed by atoms with E-state index in [0.29, 0.717) is 35.0 Å². The molecule has 0 saturated carbocycles. The summed E-state index contributed by atoms with van der Waals surface area (Å²) in [5.74, 6) is -1.31. The topological polar surface area (TPSA) is 89.8 Å². The number of amides is 1. The van der Waals surface area contributed by atoms with E-state index in [0.717, 1.165) is 11.6 Å². The van der Waals surface area contributed by atoms with Crippen LogP contribution in [-0.4, -0.2) is 28.2 Å². The summed E-state index contributed by atoms with van der Waals surface area (Å²) in [6.45, 7) is -0.927. The number of carbonyl (C=O) groups excluding carboxylic acids is 1. The normalized spacial score (nSPS) is 10.8. The second kappa shape index (κ2) is 10.9. The summed E-state index contributed by atoms with van der Waals surface area (Å²) >= 11 is 0. The summed E-state index contributed by atoms with van der Waals surface area (Å²) in [6, 6.07) is 21.9. The lowest BCUT2D eigenvalue weighted by molar-refractivity contribution is -0.0499. The zero-order chi connectivity index (χ0) is 26.5. The van der Waals surface area contributed by atoms with E-state index >= 15 is 0 Å². The molecule has 0 aliphatic carbocycles. The van der Waals surface area contributed by atoms with Crippen LogP contribution in [0.4, 0.5) is 14.5 Å². The molecule has 190 valence electrons. The number of nitrogens with zero attached hydrogens (tertiary/aromatic N) is 1. The van der Waals surface area contributed by atoms with Gasteiger partial charge >= 0.3 is 12.6 Å². The first kappa shape index (κ1) is 25.4. The van der Waals surface area contributed by atoms with Crippen LogP contribution in [0, 0.1) is 6.92 Å². The van der Waals surface area contributed by atoms with E-state index in [9.17, 15) is 23.5 Å². The number of aromatic nitrogens is 1. The van der Waals surface area contributed by atoms with Crippen molar-refractivity contribution in [1.29, 1.82) is 0 Å². The quantitative estimate of drug-likeness (QED) is 0.285. The van der Waals surface area contributed by atoms with E-state index in [2.05, 4.69) is 10.1 Å². The standard InChI is InChI=1S/C28H24F2N2O5/c1-17-23(15-25(32(17)2)22-13-12-21(37-28(29)30)14-24(22)27(34)35)26(33)31-19-8-10-20(11-9-19)36-16-18-6-4-3-5-7-18/h3-15,28H,16H2,1-2H3,(H,31,33)(H,34,35). The molecule has 0 radical (unpaired) electrons. The number of hydrogen-bond donors (Lipinski definition) is 2. The molecule has 0 saturated heterocycles. The number of carbonyl (C=O) groups is 2. The summed E-state index contributed by atoms with van der Waals surface area (Å²) in [5.41, 5.74) is 3.01. The van der Waals surface area contributed by atoms with Crippen molar-refractivity contribution in [3.8, 4) is 22.8 Å². The van der Waals surface area contributed by atoms with E-state index < -0.39 is 12.6 Å². The average molecular weight is 507 g/mol. The molecule has 0 aliphatic heterocycles. The first-order valence-corrected chi connectivity index (χ1v) is 11.3. The van der Waals surface area contributed by atoms with Crippen molar-refractivity contribution in [3.63, 3.8) is 0 Å². The maximum absolute atomic E-state index is 13.0. The molecule has 4 rings (SSSR count). The number of carboxylic acids is 1. The third-order valence-corrected chi connectivity index (χ3v) is 5.86. The Morgan fingerprint density at radius 1 is 0.946 bits per heavy atom. The Labute approximate surface area is 211 Å². The van der Waals surface area contributed by atoms with Crippen molar-refractivity contribution < 1.29 is 33.0 Å². The number of hydrogen-bond acceptors (Lipinski definition) is 4. The highest BCUT2D eigenvalue weighted by Gasteiger charge is 2.21. The third-order valence-electron chi connectivity index (χ3n) is 5.86. The van der Waals surface area contributed by atoms with Crippen LogP contribution in [0.25, 0.3) is 11.3 Å². The molecule has 3 aromatic carbocycles. The van der Waals surface area contributed by atoms with Gasteiger partial charge in [0.2, 0.25) is 0 Å². The predicted molar refractivity (Wildman–Crippen MR) is 134 cm³/mol. The lowest BCUT2D eigenvalue weighted by Crippen LogP contribution is -2.12. The Morgan fingerprint density at radius 2 is 1.62 bits per heavy atom. The van der Waals surface area contributed by atoms with Crippen LogP contribution in [0.5, 0.6) is 11.5 Å². The number of halogens is 2. The molecule has 1 heterocycles. The second-order valence-corrected chi connectivity index (χ2v) is 8.23. The number of rotatable bonds is 9. The maximum Gasteiger partial charge on any atom is 0.387 e. The molecular formula is C28H24F2N2O5. The molecule has 9 heteroatoms. The van der Waals surface area contributed by atoms with E-state index in [1.54, 1.807) is 48.9 Å². The Morgan fingerprint density at radius 3 is 2.27 bits per heavy atom. The largest absolute Gasteiger partial charge is 0.489 e. The van der Waals surface area contributed by atoms with Crippen molar-refractivity contribution in [2.45, 2.75) is 20.1 Å². The molecule has 7 nitrogen and oxygen atoms in total. The van der Waals surface area contributed by atoms with E-state index in [1.165, 1.54) is 12.1 Å². The molecule has 4 aromatic rings. The van der Waals surface area contributed by atoms with Gasteiger partial charge < -0.3 is 24.5 Å². The van der Waals surface area contributed by atoms with Gasteiger partial charge in [0.05, 0.1) is 11.1 Å². The van der Waals surface area contributed by atoms with Crippen molar-refractivity contribution in [2.75, 3.05) is 5.32 Å². The van der Waals surface area contributed by atoms with Crippen LogP contribution in [0.15, 0.2) is 78.9 Å². The number of anilines is 1. The number of carboxylic acid groups (broad SMARTS) is 1. The first-order chi connectivity index (χ1) is 17.7. The van der Waals surface area contributed by atoms with Crippen molar-refractivity contribution in [3.05, 3.63) is 101 Å². The van der Waals surface area contributed by atoms with Gasteiger partial charge in [-0.15, -0.1) is 0 Å².